The van der Waals surface area contributed by atoms with E-state index in [1.165, 1.54) is 11.3 Å². The number of nitrogens with zero attached hydrogens (tertiary/aromatic N) is 2. The molecule has 0 fully saturated rings. The number of anilines is 1. The molecule has 0 spiro atoms. The van der Waals surface area contributed by atoms with E-state index in [0.29, 0.717) is 5.82 Å². The van der Waals surface area contributed by atoms with Gasteiger partial charge in [0, 0.05) is 0 Å². The van der Waals surface area contributed by atoms with Gasteiger partial charge in [0.1, 0.15) is 10.6 Å². The van der Waals surface area contributed by atoms with Crippen LogP contribution < -0.4 is 11.5 Å². The molecule has 0 atom stereocenters. The fourth-order valence-electron chi connectivity index (χ4n) is 1.13. The average Bonchev–Trinajstić information content (AvgIpc) is 2.31. The number of thiophene rings is 1. The lowest BCUT2D eigenvalue weighted by atomic mass is 10.1. The van der Waals surface area contributed by atoms with E-state index in [9.17, 15) is 0 Å². The van der Waals surface area contributed by atoms with Crippen LogP contribution in [0.2, 0.25) is 0 Å². The Bertz CT molecular complexity index is 437. The van der Waals surface area contributed by atoms with Crippen molar-refractivity contribution in [1.29, 1.82) is 0 Å². The minimum atomic E-state index is 0.238. The Labute approximate surface area is 75.0 Å². The van der Waals surface area contributed by atoms with Crippen LogP contribution in [0.3, 0.4) is 0 Å². The zero-order chi connectivity index (χ0) is 8.72. The van der Waals surface area contributed by atoms with E-state index in [4.69, 9.17) is 13.6 Å². The summed E-state index contributed by atoms with van der Waals surface area (Å²) in [6.45, 7) is 1.98. The van der Waals surface area contributed by atoms with Crippen LogP contribution in [-0.4, -0.2) is 17.8 Å². The van der Waals surface area contributed by atoms with Crippen LogP contribution in [0.4, 0.5) is 5.82 Å². The van der Waals surface area contributed by atoms with Crippen LogP contribution in [0.25, 0.3) is 10.2 Å². The van der Waals surface area contributed by atoms with Gasteiger partial charge < -0.3 is 5.73 Å². The molecule has 0 saturated heterocycles. The molecule has 2 N–H and O–H groups in total. The maximum Gasteiger partial charge on any atom is 0.170 e. The summed E-state index contributed by atoms with van der Waals surface area (Å²) < 4.78 is 0. The Morgan fingerprint density at radius 2 is 2.25 bits per heavy atom. The largest absolute Gasteiger partial charge is 0.383 e. The van der Waals surface area contributed by atoms with Gasteiger partial charge in [0.25, 0.3) is 0 Å². The van der Waals surface area contributed by atoms with E-state index in [-0.39, 0.29) is 5.72 Å². The van der Waals surface area contributed by atoms with E-state index in [0.717, 1.165) is 15.8 Å². The van der Waals surface area contributed by atoms with Crippen molar-refractivity contribution in [2.45, 2.75) is 6.92 Å². The number of rotatable bonds is 0. The standard InChI is InChI=1S/C7H6BN3S/c1-3-2-12-6-4(3)5(9)10-7(8)11-6/h2H,1H3,(H2,9,10,11). The first-order valence-electron chi connectivity index (χ1n) is 3.45. The molecule has 0 aromatic carbocycles. The number of nitrogen functional groups attached to an aromatic ring is 1. The highest BCUT2D eigenvalue weighted by atomic mass is 32.1. The summed E-state index contributed by atoms with van der Waals surface area (Å²) in [5.74, 6) is 0.469. The van der Waals surface area contributed by atoms with E-state index in [1.807, 2.05) is 12.3 Å². The molecule has 0 aliphatic carbocycles. The fraction of sp³-hybridized carbons (Fsp3) is 0.143. The first-order chi connectivity index (χ1) is 5.68. The molecule has 0 aliphatic rings. The molecule has 2 aromatic rings. The third-order valence-electron chi connectivity index (χ3n) is 1.66. The molecule has 5 heteroatoms. The van der Waals surface area contributed by atoms with Crippen molar-refractivity contribution >= 4 is 40.9 Å². The van der Waals surface area contributed by atoms with Crippen LogP contribution >= 0.6 is 11.3 Å². The second-order valence-electron chi connectivity index (χ2n) is 2.57. The molecule has 0 saturated carbocycles. The van der Waals surface area contributed by atoms with Crippen molar-refractivity contribution in [3.8, 4) is 0 Å². The van der Waals surface area contributed by atoms with Crippen molar-refractivity contribution in [1.82, 2.24) is 9.97 Å². The smallest absolute Gasteiger partial charge is 0.170 e. The second-order valence-corrected chi connectivity index (χ2v) is 3.42. The van der Waals surface area contributed by atoms with Crippen molar-refractivity contribution in [3.63, 3.8) is 0 Å². The van der Waals surface area contributed by atoms with Gasteiger partial charge in [-0.2, -0.15) is 0 Å². The van der Waals surface area contributed by atoms with E-state index in [1.54, 1.807) is 0 Å². The van der Waals surface area contributed by atoms with Gasteiger partial charge in [-0.3, -0.25) is 0 Å². The number of aryl methyl sites for hydroxylation is 1. The van der Waals surface area contributed by atoms with Gasteiger partial charge in [-0.25, -0.2) is 9.97 Å². The van der Waals surface area contributed by atoms with Gasteiger partial charge >= 0.3 is 0 Å². The normalized spacial score (nSPS) is 10.8. The Morgan fingerprint density at radius 3 is 3.00 bits per heavy atom. The monoisotopic (exact) mass is 175 g/mol. The summed E-state index contributed by atoms with van der Waals surface area (Å²) in [6, 6.07) is 0. The Morgan fingerprint density at radius 1 is 1.50 bits per heavy atom. The molecule has 2 heterocycles. The topological polar surface area (TPSA) is 51.8 Å². The lowest BCUT2D eigenvalue weighted by molar-refractivity contribution is 1.31. The minimum Gasteiger partial charge on any atom is -0.383 e. The number of aromatic nitrogens is 2. The molecule has 2 rings (SSSR count). The highest BCUT2D eigenvalue weighted by Crippen LogP contribution is 2.25. The van der Waals surface area contributed by atoms with E-state index < -0.39 is 0 Å². The average molecular weight is 175 g/mol. The van der Waals surface area contributed by atoms with Crippen LogP contribution in [0.5, 0.6) is 0 Å². The van der Waals surface area contributed by atoms with Crippen LogP contribution in [0, 0.1) is 6.92 Å². The molecule has 2 aromatic heterocycles. The zero-order valence-corrected chi connectivity index (χ0v) is 7.35. The molecular formula is C7H6BN3S. The number of hydrogen-bond donors (Lipinski definition) is 1. The number of nitrogens with two attached hydrogens (primary N) is 1. The van der Waals surface area contributed by atoms with E-state index >= 15 is 0 Å². The van der Waals surface area contributed by atoms with Crippen molar-refractivity contribution < 1.29 is 0 Å². The highest BCUT2D eigenvalue weighted by molar-refractivity contribution is 7.17. The first kappa shape index (κ1) is 7.55. The third-order valence-corrected chi connectivity index (χ3v) is 2.65. The number of fused-ring (bicyclic) bond motifs is 1. The van der Waals surface area contributed by atoms with Gasteiger partial charge in [0.15, 0.2) is 7.85 Å². The molecule has 3 nitrogen and oxygen atoms in total. The lowest BCUT2D eigenvalue weighted by Gasteiger charge is -1.98. The zero-order valence-electron chi connectivity index (χ0n) is 6.53. The second kappa shape index (κ2) is 2.45. The molecular weight excluding hydrogens is 169 g/mol. The molecule has 12 heavy (non-hydrogen) atoms. The van der Waals surface area contributed by atoms with Crippen molar-refractivity contribution in [2.75, 3.05) is 5.73 Å². The molecule has 0 unspecified atom stereocenters. The Balaban J connectivity index is 2.93. The minimum absolute atomic E-state index is 0.238. The van der Waals surface area contributed by atoms with Gasteiger partial charge in [-0.1, -0.05) is 0 Å². The molecule has 58 valence electrons. The van der Waals surface area contributed by atoms with Crippen LogP contribution in [0.1, 0.15) is 5.56 Å². The van der Waals surface area contributed by atoms with Gasteiger partial charge in [0.2, 0.25) is 0 Å². The summed E-state index contributed by atoms with van der Waals surface area (Å²) in [4.78, 5) is 8.81. The van der Waals surface area contributed by atoms with Gasteiger partial charge in [-0.05, 0) is 17.9 Å². The van der Waals surface area contributed by atoms with Crippen molar-refractivity contribution in [2.24, 2.45) is 0 Å². The van der Waals surface area contributed by atoms with Crippen LogP contribution in [0.15, 0.2) is 5.38 Å². The SMILES string of the molecule is [B]c1nc(N)c2c(C)csc2n1. The molecule has 0 amide bonds. The fourth-order valence-corrected chi connectivity index (χ4v) is 2.07. The van der Waals surface area contributed by atoms with Gasteiger partial charge in [-0.15, -0.1) is 11.3 Å². The molecule has 0 aliphatic heterocycles. The predicted molar refractivity (Wildman–Crippen MR) is 52.0 cm³/mol. The van der Waals surface area contributed by atoms with Crippen molar-refractivity contribution in [3.05, 3.63) is 10.9 Å². The maximum absolute atomic E-state index is 5.68. The third kappa shape index (κ3) is 0.974. The summed E-state index contributed by atoms with van der Waals surface area (Å²) in [7, 11) is 5.44. The Kier molecular flexibility index (Phi) is 1.54. The van der Waals surface area contributed by atoms with Crippen LogP contribution in [-0.2, 0) is 0 Å². The summed E-state index contributed by atoms with van der Waals surface area (Å²) in [5.41, 5.74) is 7.02. The molecule has 2 radical (unpaired) electrons. The summed E-state index contributed by atoms with van der Waals surface area (Å²) in [5, 5.41) is 2.92. The van der Waals surface area contributed by atoms with Gasteiger partial charge in [0.05, 0.1) is 11.1 Å². The molecule has 0 bridgehead atoms. The van der Waals surface area contributed by atoms with E-state index in [2.05, 4.69) is 9.97 Å². The first-order valence-corrected chi connectivity index (χ1v) is 4.33. The predicted octanol–water partition coefficient (Wildman–Crippen LogP) is 0.376. The summed E-state index contributed by atoms with van der Waals surface area (Å²) in [6.07, 6.45) is 0. The Hall–Kier alpha value is -1.10. The summed E-state index contributed by atoms with van der Waals surface area (Å²) >= 11 is 1.53. The maximum atomic E-state index is 5.68. The highest BCUT2D eigenvalue weighted by Gasteiger charge is 2.06. The quantitative estimate of drug-likeness (QED) is 0.588. The number of hydrogen-bond acceptors (Lipinski definition) is 4. The lowest BCUT2D eigenvalue weighted by Crippen LogP contribution is -2.14.